The van der Waals surface area contributed by atoms with Crippen LogP contribution in [-0.4, -0.2) is 60.9 Å². The topological polar surface area (TPSA) is 53.1 Å². The van der Waals surface area contributed by atoms with Gasteiger partial charge in [-0.1, -0.05) is 50.2 Å². The monoisotopic (exact) mass is 435 g/mol. The summed E-state index contributed by atoms with van der Waals surface area (Å²) < 4.78 is 5.62. The molecule has 2 aliphatic rings. The fourth-order valence-corrected chi connectivity index (χ4v) is 4.36. The van der Waals surface area contributed by atoms with Gasteiger partial charge < -0.3 is 14.5 Å². The van der Waals surface area contributed by atoms with Gasteiger partial charge in [-0.2, -0.15) is 0 Å². The first-order valence-electron chi connectivity index (χ1n) is 11.6. The van der Waals surface area contributed by atoms with Crippen LogP contribution in [0.2, 0.25) is 0 Å². The van der Waals surface area contributed by atoms with E-state index in [1.165, 1.54) is 11.1 Å². The number of piperazine rings is 1. The normalized spacial score (nSPS) is 16.6. The van der Waals surface area contributed by atoms with Crippen LogP contribution in [0.3, 0.4) is 0 Å². The molecule has 6 nitrogen and oxygen atoms in total. The van der Waals surface area contributed by atoms with Crippen LogP contribution >= 0.6 is 0 Å². The molecule has 6 heteroatoms. The summed E-state index contributed by atoms with van der Waals surface area (Å²) in [5, 5.41) is 0. The van der Waals surface area contributed by atoms with Gasteiger partial charge in [0.15, 0.2) is 0 Å². The van der Waals surface area contributed by atoms with Crippen molar-refractivity contribution in [2.75, 3.05) is 44.2 Å². The van der Waals surface area contributed by atoms with E-state index in [2.05, 4.69) is 43.0 Å². The Morgan fingerprint density at radius 3 is 2.28 bits per heavy atom. The average Bonchev–Trinajstić information content (AvgIpc) is 2.82. The Balaban J connectivity index is 1.22. The number of anilines is 1. The molecule has 0 aromatic heterocycles. The summed E-state index contributed by atoms with van der Waals surface area (Å²) in [5.41, 5.74) is 3.47. The predicted molar refractivity (Wildman–Crippen MR) is 126 cm³/mol. The lowest BCUT2D eigenvalue weighted by atomic mass is 10.0. The zero-order valence-electron chi connectivity index (χ0n) is 19.1. The van der Waals surface area contributed by atoms with Crippen LogP contribution in [0.4, 0.5) is 5.69 Å². The van der Waals surface area contributed by atoms with Gasteiger partial charge in [0, 0.05) is 45.6 Å². The molecule has 4 rings (SSSR count). The molecule has 0 saturated carbocycles. The van der Waals surface area contributed by atoms with Crippen molar-refractivity contribution in [1.82, 2.24) is 9.80 Å². The van der Waals surface area contributed by atoms with E-state index in [-0.39, 0.29) is 24.7 Å². The Morgan fingerprint density at radius 2 is 1.56 bits per heavy atom. The fourth-order valence-electron chi connectivity index (χ4n) is 4.36. The van der Waals surface area contributed by atoms with Gasteiger partial charge in [-0.3, -0.25) is 14.5 Å². The molecule has 2 aromatic rings. The van der Waals surface area contributed by atoms with Gasteiger partial charge in [0.2, 0.25) is 11.8 Å². The molecule has 0 bridgehead atoms. The average molecular weight is 436 g/mol. The zero-order chi connectivity index (χ0) is 22.5. The third-order valence-electron chi connectivity index (χ3n) is 6.36. The van der Waals surface area contributed by atoms with E-state index in [1.807, 2.05) is 29.2 Å². The molecule has 32 heavy (non-hydrogen) atoms. The smallest absolute Gasteiger partial charge is 0.227 e. The van der Waals surface area contributed by atoms with Gasteiger partial charge in [-0.15, -0.1) is 0 Å². The van der Waals surface area contributed by atoms with Crippen molar-refractivity contribution in [2.24, 2.45) is 0 Å². The van der Waals surface area contributed by atoms with Gasteiger partial charge in [0.25, 0.3) is 0 Å². The summed E-state index contributed by atoms with van der Waals surface area (Å²) in [5.74, 6) is 1.33. The van der Waals surface area contributed by atoms with E-state index in [0.717, 1.165) is 44.2 Å². The molecule has 1 saturated heterocycles. The molecule has 2 heterocycles. The van der Waals surface area contributed by atoms with Crippen molar-refractivity contribution in [3.05, 3.63) is 59.7 Å². The van der Waals surface area contributed by atoms with E-state index in [4.69, 9.17) is 4.74 Å². The fraction of sp³-hybridized carbons (Fsp3) is 0.462. The number of benzene rings is 2. The molecule has 0 spiro atoms. The van der Waals surface area contributed by atoms with Crippen LogP contribution in [0.25, 0.3) is 0 Å². The molecular formula is C26H33N3O3. The molecule has 0 radical (unpaired) electrons. The summed E-state index contributed by atoms with van der Waals surface area (Å²) >= 11 is 0. The highest BCUT2D eigenvalue weighted by Crippen LogP contribution is 2.31. The standard InChI is InChI=1S/C26H33N3O3/c1-20(2)22-9-7-21(8-10-22)19-27-13-15-28(16-14-27)25(30)11-12-26(31)29-17-18-32-24-6-4-3-5-23(24)29/h3-10,20H,11-19H2,1-2H3. The lowest BCUT2D eigenvalue weighted by Gasteiger charge is -2.35. The first kappa shape index (κ1) is 22.3. The minimum atomic E-state index is -0.0161. The van der Waals surface area contributed by atoms with E-state index < -0.39 is 0 Å². The maximum Gasteiger partial charge on any atom is 0.227 e. The second kappa shape index (κ2) is 10.2. The highest BCUT2D eigenvalue weighted by atomic mass is 16.5. The molecular weight excluding hydrogens is 402 g/mol. The number of hydrogen-bond donors (Lipinski definition) is 0. The van der Waals surface area contributed by atoms with Crippen molar-refractivity contribution in [3.63, 3.8) is 0 Å². The lowest BCUT2D eigenvalue weighted by molar-refractivity contribution is -0.134. The summed E-state index contributed by atoms with van der Waals surface area (Å²) in [4.78, 5) is 31.5. The molecule has 2 aromatic carbocycles. The van der Waals surface area contributed by atoms with Crippen molar-refractivity contribution in [2.45, 2.75) is 39.2 Å². The van der Waals surface area contributed by atoms with Gasteiger partial charge in [-0.25, -0.2) is 0 Å². The molecule has 2 amide bonds. The van der Waals surface area contributed by atoms with Crippen LogP contribution in [0.15, 0.2) is 48.5 Å². The number of rotatable bonds is 6. The highest BCUT2D eigenvalue weighted by molar-refractivity contribution is 5.97. The number of para-hydroxylation sites is 2. The zero-order valence-corrected chi connectivity index (χ0v) is 19.1. The predicted octanol–water partition coefficient (Wildman–Crippen LogP) is 3.66. The van der Waals surface area contributed by atoms with E-state index in [0.29, 0.717) is 19.1 Å². The molecule has 1 fully saturated rings. The molecule has 0 N–H and O–H groups in total. The number of amides is 2. The van der Waals surface area contributed by atoms with Crippen molar-refractivity contribution in [1.29, 1.82) is 0 Å². The van der Waals surface area contributed by atoms with Gasteiger partial charge in [0.05, 0.1) is 12.2 Å². The number of carbonyl (C=O) groups excluding carboxylic acids is 2. The molecule has 2 aliphatic heterocycles. The quantitative estimate of drug-likeness (QED) is 0.695. The number of hydrogen-bond acceptors (Lipinski definition) is 4. The molecule has 0 unspecified atom stereocenters. The molecule has 0 aliphatic carbocycles. The third-order valence-corrected chi connectivity index (χ3v) is 6.36. The van der Waals surface area contributed by atoms with Crippen molar-refractivity contribution < 1.29 is 14.3 Å². The van der Waals surface area contributed by atoms with Gasteiger partial charge in [0.1, 0.15) is 12.4 Å². The Kier molecular flexibility index (Phi) is 7.10. The minimum absolute atomic E-state index is 0.0161. The number of carbonyl (C=O) groups is 2. The Hall–Kier alpha value is -2.86. The van der Waals surface area contributed by atoms with E-state index in [9.17, 15) is 9.59 Å². The second-order valence-corrected chi connectivity index (χ2v) is 8.91. The SMILES string of the molecule is CC(C)c1ccc(CN2CCN(C(=O)CCC(=O)N3CCOc4ccccc43)CC2)cc1. The first-order chi connectivity index (χ1) is 15.5. The maximum absolute atomic E-state index is 12.8. The van der Waals surface area contributed by atoms with Gasteiger partial charge >= 0.3 is 0 Å². The Labute approximate surface area is 190 Å². The summed E-state index contributed by atoms with van der Waals surface area (Å²) in [6, 6.07) is 16.4. The molecule has 0 atom stereocenters. The summed E-state index contributed by atoms with van der Waals surface area (Å²) in [6.45, 7) is 9.51. The second-order valence-electron chi connectivity index (χ2n) is 8.91. The van der Waals surface area contributed by atoms with E-state index >= 15 is 0 Å². The number of nitrogens with zero attached hydrogens (tertiary/aromatic N) is 3. The minimum Gasteiger partial charge on any atom is -0.490 e. The number of fused-ring (bicyclic) bond motifs is 1. The van der Waals surface area contributed by atoms with Gasteiger partial charge in [-0.05, 0) is 29.2 Å². The first-order valence-corrected chi connectivity index (χ1v) is 11.6. The number of ether oxygens (including phenoxy) is 1. The Bertz CT molecular complexity index is 934. The lowest BCUT2D eigenvalue weighted by Crippen LogP contribution is -2.48. The highest BCUT2D eigenvalue weighted by Gasteiger charge is 2.26. The summed E-state index contributed by atoms with van der Waals surface area (Å²) in [6.07, 6.45) is 0.491. The van der Waals surface area contributed by atoms with Crippen LogP contribution in [-0.2, 0) is 16.1 Å². The Morgan fingerprint density at radius 1 is 0.875 bits per heavy atom. The van der Waals surface area contributed by atoms with Crippen LogP contribution in [0.5, 0.6) is 5.75 Å². The van der Waals surface area contributed by atoms with Crippen LogP contribution < -0.4 is 9.64 Å². The van der Waals surface area contributed by atoms with E-state index in [1.54, 1.807) is 4.90 Å². The van der Waals surface area contributed by atoms with Crippen LogP contribution in [0.1, 0.15) is 43.7 Å². The van der Waals surface area contributed by atoms with Crippen molar-refractivity contribution >= 4 is 17.5 Å². The van der Waals surface area contributed by atoms with Crippen molar-refractivity contribution in [3.8, 4) is 5.75 Å². The molecule has 170 valence electrons. The largest absolute Gasteiger partial charge is 0.490 e. The summed E-state index contributed by atoms with van der Waals surface area (Å²) in [7, 11) is 0. The van der Waals surface area contributed by atoms with Crippen LogP contribution in [0, 0.1) is 0 Å². The third kappa shape index (κ3) is 5.30. The maximum atomic E-state index is 12.8.